The summed E-state index contributed by atoms with van der Waals surface area (Å²) in [4.78, 5) is 0. The second-order valence-corrected chi connectivity index (χ2v) is 9.59. The lowest BCUT2D eigenvalue weighted by atomic mass is 9.79. The van der Waals surface area contributed by atoms with Crippen molar-refractivity contribution in [2.45, 2.75) is 58.3 Å². The lowest BCUT2D eigenvalue weighted by Gasteiger charge is -2.26. The highest BCUT2D eigenvalue weighted by Gasteiger charge is 2.19. The monoisotopic (exact) mass is 450 g/mol. The van der Waals surface area contributed by atoms with Crippen LogP contribution in [-0.2, 0) is 12.8 Å². The first kappa shape index (κ1) is 24.0. The van der Waals surface area contributed by atoms with Crippen molar-refractivity contribution in [2.75, 3.05) is 0 Å². The molecule has 1 aliphatic rings. The van der Waals surface area contributed by atoms with E-state index in [9.17, 15) is 0 Å². The molecule has 34 heavy (non-hydrogen) atoms. The van der Waals surface area contributed by atoms with Gasteiger partial charge in [0, 0.05) is 10.9 Å². The second-order valence-electron chi connectivity index (χ2n) is 9.59. The zero-order valence-electron chi connectivity index (χ0n) is 20.3. The average Bonchev–Trinajstić information content (AvgIpc) is 2.88. The fourth-order valence-electron chi connectivity index (χ4n) is 4.99. The highest BCUT2D eigenvalue weighted by atomic mass is 19.1. The standard InChI is InChI=1S/C33H35F/c1-3-5-6-7-26-12-14-28(15-13-26)18-20-30-21-22-31-24-29(19-23-32(31)33(30)34)17-16-27-10-8-25(4-2)9-11-27/h3-5,12-15,19,21-25,27H,2,6-11,16-17H2,1H3/b5-3+. The van der Waals surface area contributed by atoms with Crippen molar-refractivity contribution in [2.24, 2.45) is 11.8 Å². The van der Waals surface area contributed by atoms with Crippen LogP contribution in [0, 0.1) is 29.5 Å². The molecule has 1 fully saturated rings. The number of hydrogen-bond donors (Lipinski definition) is 0. The van der Waals surface area contributed by atoms with Crippen molar-refractivity contribution in [1.29, 1.82) is 0 Å². The summed E-state index contributed by atoms with van der Waals surface area (Å²) in [6, 6.07) is 18.2. The summed E-state index contributed by atoms with van der Waals surface area (Å²) >= 11 is 0. The minimum atomic E-state index is -0.220. The maximum absolute atomic E-state index is 15.2. The van der Waals surface area contributed by atoms with E-state index in [0.717, 1.165) is 36.1 Å². The molecule has 0 bridgehead atoms. The van der Waals surface area contributed by atoms with Crippen LogP contribution in [0.1, 0.15) is 67.7 Å². The molecule has 1 heteroatoms. The molecule has 174 valence electrons. The van der Waals surface area contributed by atoms with Gasteiger partial charge in [-0.2, -0.15) is 0 Å². The van der Waals surface area contributed by atoms with Gasteiger partial charge in [-0.25, -0.2) is 4.39 Å². The van der Waals surface area contributed by atoms with E-state index in [-0.39, 0.29) is 5.82 Å². The first-order valence-corrected chi connectivity index (χ1v) is 12.7. The van der Waals surface area contributed by atoms with Crippen molar-refractivity contribution >= 4 is 10.8 Å². The van der Waals surface area contributed by atoms with Crippen LogP contribution in [0.25, 0.3) is 10.8 Å². The summed E-state index contributed by atoms with van der Waals surface area (Å²) in [5, 5.41) is 1.61. The number of halogens is 1. The lowest BCUT2D eigenvalue weighted by molar-refractivity contribution is 0.296. The first-order chi connectivity index (χ1) is 16.7. The molecule has 3 aromatic rings. The molecule has 0 saturated heterocycles. The Kier molecular flexibility index (Phi) is 8.37. The number of hydrogen-bond acceptors (Lipinski definition) is 0. The van der Waals surface area contributed by atoms with E-state index in [4.69, 9.17) is 0 Å². The van der Waals surface area contributed by atoms with E-state index in [2.05, 4.69) is 60.9 Å². The first-order valence-electron chi connectivity index (χ1n) is 12.7. The summed E-state index contributed by atoms with van der Waals surface area (Å²) < 4.78 is 15.2. The third-order valence-electron chi connectivity index (χ3n) is 7.22. The van der Waals surface area contributed by atoms with Crippen molar-refractivity contribution in [3.63, 3.8) is 0 Å². The SMILES string of the molecule is C=CC1CCC(CCc2ccc3c(F)c(C#Cc4ccc(CC/C=C/C)cc4)ccc3c2)CC1. The van der Waals surface area contributed by atoms with Gasteiger partial charge < -0.3 is 0 Å². The molecule has 0 nitrogen and oxygen atoms in total. The Labute approximate surface area is 204 Å². The molecule has 1 aliphatic carbocycles. The molecular weight excluding hydrogens is 415 g/mol. The molecule has 0 aromatic heterocycles. The number of rotatable bonds is 7. The van der Waals surface area contributed by atoms with Crippen molar-refractivity contribution in [3.8, 4) is 11.8 Å². The quantitative estimate of drug-likeness (QED) is 0.249. The summed E-state index contributed by atoms with van der Waals surface area (Å²) in [5.41, 5.74) is 3.95. The fraction of sp³-hybridized carbons (Fsp3) is 0.333. The normalized spacial score (nSPS) is 18.1. The molecule has 4 rings (SSSR count). The Morgan fingerprint density at radius 1 is 0.912 bits per heavy atom. The Bertz CT molecular complexity index is 1200. The lowest BCUT2D eigenvalue weighted by Crippen LogP contribution is -2.13. The maximum Gasteiger partial charge on any atom is 0.146 e. The number of benzene rings is 3. The molecule has 0 heterocycles. The second kappa shape index (κ2) is 11.8. The predicted molar refractivity (Wildman–Crippen MR) is 143 cm³/mol. The molecule has 0 spiro atoms. The molecule has 0 amide bonds. The Hall–Kier alpha value is -3.11. The van der Waals surface area contributed by atoms with Crippen LogP contribution in [0.2, 0.25) is 0 Å². The molecule has 0 N–H and O–H groups in total. The Balaban J connectivity index is 1.41. The van der Waals surface area contributed by atoms with Crippen LogP contribution in [0.4, 0.5) is 4.39 Å². The van der Waals surface area contributed by atoms with Crippen LogP contribution >= 0.6 is 0 Å². The van der Waals surface area contributed by atoms with E-state index >= 15 is 4.39 Å². The summed E-state index contributed by atoms with van der Waals surface area (Å²) in [5.74, 6) is 7.47. The number of aryl methyl sites for hydroxylation is 2. The number of allylic oxidation sites excluding steroid dienone is 3. The smallest absolute Gasteiger partial charge is 0.146 e. The van der Waals surface area contributed by atoms with Gasteiger partial charge in [-0.3, -0.25) is 0 Å². The topological polar surface area (TPSA) is 0 Å². The minimum Gasteiger partial charge on any atom is -0.205 e. The average molecular weight is 451 g/mol. The van der Waals surface area contributed by atoms with Gasteiger partial charge in [0.05, 0.1) is 5.56 Å². The molecule has 1 saturated carbocycles. The van der Waals surface area contributed by atoms with Crippen LogP contribution < -0.4 is 0 Å². The van der Waals surface area contributed by atoms with Gasteiger partial charge in [0.1, 0.15) is 5.82 Å². The van der Waals surface area contributed by atoms with Gasteiger partial charge >= 0.3 is 0 Å². The summed E-state index contributed by atoms with van der Waals surface area (Å²) in [7, 11) is 0. The van der Waals surface area contributed by atoms with Gasteiger partial charge in [-0.05, 0) is 105 Å². The van der Waals surface area contributed by atoms with Crippen LogP contribution in [0.15, 0.2) is 79.4 Å². The van der Waals surface area contributed by atoms with Gasteiger partial charge in [-0.1, -0.05) is 66.5 Å². The van der Waals surface area contributed by atoms with Crippen molar-refractivity contribution < 1.29 is 4.39 Å². The van der Waals surface area contributed by atoms with E-state index < -0.39 is 0 Å². The summed E-state index contributed by atoms with van der Waals surface area (Å²) in [6.45, 7) is 5.99. The maximum atomic E-state index is 15.2. The van der Waals surface area contributed by atoms with Gasteiger partial charge in [0.2, 0.25) is 0 Å². The predicted octanol–water partition coefficient (Wildman–Crippen LogP) is 8.81. The zero-order valence-corrected chi connectivity index (χ0v) is 20.3. The fourth-order valence-corrected chi connectivity index (χ4v) is 4.99. The van der Waals surface area contributed by atoms with Crippen LogP contribution in [-0.4, -0.2) is 0 Å². The Morgan fingerprint density at radius 2 is 1.68 bits per heavy atom. The van der Waals surface area contributed by atoms with Crippen molar-refractivity contribution in [3.05, 3.63) is 107 Å². The highest BCUT2D eigenvalue weighted by molar-refractivity contribution is 5.85. The highest BCUT2D eigenvalue weighted by Crippen LogP contribution is 2.32. The molecule has 3 aromatic carbocycles. The van der Waals surface area contributed by atoms with Crippen molar-refractivity contribution in [1.82, 2.24) is 0 Å². The third-order valence-corrected chi connectivity index (χ3v) is 7.22. The van der Waals surface area contributed by atoms with E-state index in [1.165, 1.54) is 43.2 Å². The largest absolute Gasteiger partial charge is 0.205 e. The van der Waals surface area contributed by atoms with Crippen LogP contribution in [0.5, 0.6) is 0 Å². The van der Waals surface area contributed by atoms with Gasteiger partial charge in [0.15, 0.2) is 0 Å². The van der Waals surface area contributed by atoms with E-state index in [0.29, 0.717) is 16.9 Å². The summed E-state index contributed by atoms with van der Waals surface area (Å²) in [6.07, 6.45) is 15.9. The number of fused-ring (bicyclic) bond motifs is 1. The minimum absolute atomic E-state index is 0.220. The van der Waals surface area contributed by atoms with E-state index in [1.807, 2.05) is 37.3 Å². The Morgan fingerprint density at radius 3 is 2.41 bits per heavy atom. The van der Waals surface area contributed by atoms with Gasteiger partial charge in [-0.15, -0.1) is 6.58 Å². The molecule has 0 atom stereocenters. The van der Waals surface area contributed by atoms with Crippen LogP contribution in [0.3, 0.4) is 0 Å². The molecule has 0 unspecified atom stereocenters. The molecule has 0 radical (unpaired) electrons. The van der Waals surface area contributed by atoms with Gasteiger partial charge in [0.25, 0.3) is 0 Å². The van der Waals surface area contributed by atoms with E-state index in [1.54, 1.807) is 0 Å². The molecular formula is C33H35F. The zero-order chi connectivity index (χ0) is 23.8. The molecule has 0 aliphatic heterocycles. The third kappa shape index (κ3) is 6.27.